The third-order valence-electron chi connectivity index (χ3n) is 7.06. The molecule has 2 aromatic carbocycles. The third-order valence-corrected chi connectivity index (χ3v) is 7.06. The van der Waals surface area contributed by atoms with E-state index >= 15 is 0 Å². The van der Waals surface area contributed by atoms with Crippen LogP contribution >= 0.6 is 0 Å². The number of aromatic amines is 2. The molecular formula is C30H33N7. The summed E-state index contributed by atoms with van der Waals surface area (Å²) in [4.78, 5) is 12.7. The zero-order chi connectivity index (χ0) is 25.4. The number of pyridine rings is 1. The van der Waals surface area contributed by atoms with E-state index in [0.29, 0.717) is 0 Å². The van der Waals surface area contributed by atoms with Gasteiger partial charge in [0.1, 0.15) is 5.69 Å². The van der Waals surface area contributed by atoms with Crippen LogP contribution in [0.4, 0.5) is 11.4 Å². The number of H-pyrrole nitrogens is 2. The van der Waals surface area contributed by atoms with Crippen molar-refractivity contribution in [3.05, 3.63) is 73.2 Å². The summed E-state index contributed by atoms with van der Waals surface area (Å²) in [6, 6.07) is 17.3. The van der Waals surface area contributed by atoms with Crippen molar-refractivity contribution in [3.8, 4) is 22.5 Å². The van der Waals surface area contributed by atoms with Gasteiger partial charge in [-0.05, 0) is 75.3 Å². The number of piperidine rings is 1. The van der Waals surface area contributed by atoms with Gasteiger partial charge in [0.2, 0.25) is 0 Å². The lowest BCUT2D eigenvalue weighted by Gasteiger charge is -2.29. The molecule has 7 nitrogen and oxygen atoms in total. The Kier molecular flexibility index (Phi) is 6.14. The van der Waals surface area contributed by atoms with Crippen LogP contribution in [0.2, 0.25) is 0 Å². The smallest absolute Gasteiger partial charge is 0.116 e. The first-order valence-electron chi connectivity index (χ1n) is 13.0. The lowest BCUT2D eigenvalue weighted by Crippen LogP contribution is -2.29. The normalized spacial score (nSPS) is 14.1. The number of fused-ring (bicyclic) bond motifs is 2. The Balaban J connectivity index is 1.35. The third kappa shape index (κ3) is 4.70. The molecule has 7 heteroatoms. The standard InChI is InChI=1S/C30H33N7/c1-20(19-36(2)3)32-23-14-22(17-31-18-23)21-10-11-27-25(15-21)30(35-34-27)28-16-24-26(33-28)8-7-9-29(24)37-12-5-4-6-13-37/h7-11,14-18,32-33H,1,4-6,12-13,19H2,2-3H3,(H,34,35). The van der Waals surface area contributed by atoms with Crippen LogP contribution in [0.3, 0.4) is 0 Å². The summed E-state index contributed by atoms with van der Waals surface area (Å²) < 4.78 is 0. The minimum absolute atomic E-state index is 0.762. The van der Waals surface area contributed by atoms with Crippen molar-refractivity contribution < 1.29 is 0 Å². The van der Waals surface area contributed by atoms with E-state index in [1.165, 1.54) is 30.3 Å². The molecule has 4 heterocycles. The fraction of sp³-hybridized carbons (Fsp3) is 0.267. The summed E-state index contributed by atoms with van der Waals surface area (Å²) in [6.45, 7) is 7.14. The van der Waals surface area contributed by atoms with Crippen LogP contribution in [0.25, 0.3) is 44.3 Å². The van der Waals surface area contributed by atoms with E-state index in [4.69, 9.17) is 5.10 Å². The number of rotatable bonds is 7. The van der Waals surface area contributed by atoms with Crippen molar-refractivity contribution in [2.45, 2.75) is 19.3 Å². The molecule has 3 aromatic heterocycles. The average Bonchev–Trinajstić information content (AvgIpc) is 3.52. The zero-order valence-electron chi connectivity index (χ0n) is 21.5. The van der Waals surface area contributed by atoms with E-state index in [-0.39, 0.29) is 0 Å². The van der Waals surface area contributed by atoms with Gasteiger partial charge in [-0.1, -0.05) is 18.7 Å². The Hall–Kier alpha value is -4.10. The molecule has 1 fully saturated rings. The SMILES string of the molecule is C=C(CN(C)C)Nc1cncc(-c2ccc3[nH]nc(-c4cc5c(N6CCCCC6)cccc5[nH]4)c3c2)c1. The van der Waals surface area contributed by atoms with Crippen molar-refractivity contribution in [1.82, 2.24) is 25.1 Å². The number of hydrogen-bond acceptors (Lipinski definition) is 5. The zero-order valence-corrected chi connectivity index (χ0v) is 21.5. The fourth-order valence-electron chi connectivity index (χ4n) is 5.37. The minimum Gasteiger partial charge on any atom is -0.371 e. The number of aromatic nitrogens is 4. The van der Waals surface area contributed by atoms with Gasteiger partial charge in [-0.3, -0.25) is 10.1 Å². The molecule has 0 unspecified atom stereocenters. The Morgan fingerprint density at radius 1 is 0.973 bits per heavy atom. The van der Waals surface area contributed by atoms with Crippen LogP contribution in [0.5, 0.6) is 0 Å². The second-order valence-electron chi connectivity index (χ2n) is 10.2. The molecule has 6 rings (SSSR count). The van der Waals surface area contributed by atoms with Crippen LogP contribution in [0.1, 0.15) is 19.3 Å². The van der Waals surface area contributed by atoms with Crippen LogP contribution in [0, 0.1) is 0 Å². The summed E-state index contributed by atoms with van der Waals surface area (Å²) in [5.74, 6) is 0. The first kappa shape index (κ1) is 23.3. The van der Waals surface area contributed by atoms with Crippen LogP contribution in [-0.2, 0) is 0 Å². The largest absolute Gasteiger partial charge is 0.371 e. The summed E-state index contributed by atoms with van der Waals surface area (Å²) in [6.07, 6.45) is 7.57. The molecule has 0 saturated carbocycles. The molecule has 3 N–H and O–H groups in total. The summed E-state index contributed by atoms with van der Waals surface area (Å²) in [7, 11) is 4.06. The number of anilines is 2. The van der Waals surface area contributed by atoms with Gasteiger partial charge in [0, 0.05) is 59.1 Å². The number of likely N-dealkylation sites (N-methyl/N-ethyl adjacent to an activating group) is 1. The van der Waals surface area contributed by atoms with Crippen molar-refractivity contribution in [2.75, 3.05) is 43.9 Å². The fourth-order valence-corrected chi connectivity index (χ4v) is 5.37. The number of nitrogens with zero attached hydrogens (tertiary/aromatic N) is 4. The number of hydrogen-bond donors (Lipinski definition) is 3. The van der Waals surface area contributed by atoms with Crippen molar-refractivity contribution in [3.63, 3.8) is 0 Å². The summed E-state index contributed by atoms with van der Waals surface area (Å²) in [5.41, 5.74) is 9.41. The van der Waals surface area contributed by atoms with E-state index < -0.39 is 0 Å². The topological polar surface area (TPSA) is 75.9 Å². The molecule has 1 saturated heterocycles. The highest BCUT2D eigenvalue weighted by Crippen LogP contribution is 2.35. The molecule has 1 aliphatic rings. The molecule has 5 aromatic rings. The molecule has 0 amide bonds. The van der Waals surface area contributed by atoms with Gasteiger partial charge in [-0.25, -0.2) is 0 Å². The summed E-state index contributed by atoms with van der Waals surface area (Å²) in [5, 5.41) is 13.6. The lowest BCUT2D eigenvalue weighted by atomic mass is 10.0. The van der Waals surface area contributed by atoms with Crippen molar-refractivity contribution in [1.29, 1.82) is 0 Å². The highest BCUT2D eigenvalue weighted by atomic mass is 15.1. The highest BCUT2D eigenvalue weighted by Gasteiger charge is 2.17. The molecule has 0 spiro atoms. The van der Waals surface area contributed by atoms with Gasteiger partial charge in [-0.2, -0.15) is 5.10 Å². The molecule has 0 radical (unpaired) electrons. The molecular weight excluding hydrogens is 458 g/mol. The number of benzene rings is 2. The second-order valence-corrected chi connectivity index (χ2v) is 10.2. The molecule has 0 bridgehead atoms. The van der Waals surface area contributed by atoms with Gasteiger partial charge < -0.3 is 20.1 Å². The maximum Gasteiger partial charge on any atom is 0.116 e. The monoisotopic (exact) mass is 491 g/mol. The van der Waals surface area contributed by atoms with E-state index in [9.17, 15) is 0 Å². The predicted molar refractivity (Wildman–Crippen MR) is 154 cm³/mol. The molecule has 0 atom stereocenters. The van der Waals surface area contributed by atoms with Gasteiger partial charge in [0.15, 0.2) is 0 Å². The second kappa shape index (κ2) is 9.75. The number of nitrogens with one attached hydrogen (secondary N) is 3. The Morgan fingerprint density at radius 2 is 1.84 bits per heavy atom. The maximum absolute atomic E-state index is 4.71. The quantitative estimate of drug-likeness (QED) is 0.251. The Labute approximate surface area is 217 Å². The minimum atomic E-state index is 0.762. The average molecular weight is 492 g/mol. The molecule has 1 aliphatic heterocycles. The van der Waals surface area contributed by atoms with E-state index in [1.807, 2.05) is 26.5 Å². The van der Waals surface area contributed by atoms with E-state index in [2.05, 4.69) is 85.3 Å². The molecule has 37 heavy (non-hydrogen) atoms. The van der Waals surface area contributed by atoms with Crippen LogP contribution < -0.4 is 10.2 Å². The first-order chi connectivity index (χ1) is 18.0. The van der Waals surface area contributed by atoms with Gasteiger partial charge in [0.05, 0.1) is 23.1 Å². The molecule has 0 aliphatic carbocycles. The predicted octanol–water partition coefficient (Wildman–Crippen LogP) is 6.25. The van der Waals surface area contributed by atoms with E-state index in [1.54, 1.807) is 0 Å². The molecule has 188 valence electrons. The summed E-state index contributed by atoms with van der Waals surface area (Å²) >= 11 is 0. The van der Waals surface area contributed by atoms with Gasteiger partial charge in [0.25, 0.3) is 0 Å². The Morgan fingerprint density at radius 3 is 2.68 bits per heavy atom. The highest BCUT2D eigenvalue weighted by molar-refractivity contribution is 6.01. The van der Waals surface area contributed by atoms with Gasteiger partial charge >= 0.3 is 0 Å². The van der Waals surface area contributed by atoms with Crippen LogP contribution in [-0.4, -0.2) is 58.8 Å². The van der Waals surface area contributed by atoms with Gasteiger partial charge in [-0.15, -0.1) is 0 Å². The lowest BCUT2D eigenvalue weighted by molar-refractivity contribution is 0.447. The van der Waals surface area contributed by atoms with Crippen molar-refractivity contribution in [2.24, 2.45) is 0 Å². The maximum atomic E-state index is 4.71. The van der Waals surface area contributed by atoms with E-state index in [0.717, 1.165) is 70.0 Å². The van der Waals surface area contributed by atoms with Crippen molar-refractivity contribution >= 4 is 33.2 Å². The first-order valence-corrected chi connectivity index (χ1v) is 13.0. The van der Waals surface area contributed by atoms with Crippen LogP contribution in [0.15, 0.2) is 73.2 Å². The Bertz CT molecular complexity index is 1570.